The van der Waals surface area contributed by atoms with Crippen molar-refractivity contribution in [2.24, 2.45) is 5.73 Å². The highest BCUT2D eigenvalue weighted by Gasteiger charge is 2.27. The molecule has 3 aromatic carbocycles. The molecule has 37 heavy (non-hydrogen) atoms. The lowest BCUT2D eigenvalue weighted by molar-refractivity contribution is 0.0730. The molecule has 1 atom stereocenters. The van der Waals surface area contributed by atoms with E-state index in [0.717, 1.165) is 6.07 Å². The second-order valence-electron chi connectivity index (χ2n) is 8.73. The van der Waals surface area contributed by atoms with E-state index in [1.807, 2.05) is 0 Å². The summed E-state index contributed by atoms with van der Waals surface area (Å²) in [5, 5.41) is 0.347. The summed E-state index contributed by atoms with van der Waals surface area (Å²) >= 11 is 0. The summed E-state index contributed by atoms with van der Waals surface area (Å²) in [7, 11) is -3.73. The third-order valence-electron chi connectivity index (χ3n) is 6.21. The molecule has 11 heteroatoms. The molecule has 1 unspecified atom stereocenters. The number of fused-ring (bicyclic) bond motifs is 1. The zero-order valence-electron chi connectivity index (χ0n) is 19.7. The van der Waals surface area contributed by atoms with Gasteiger partial charge in [-0.1, -0.05) is 12.1 Å². The fourth-order valence-corrected chi connectivity index (χ4v) is 5.83. The van der Waals surface area contributed by atoms with E-state index in [9.17, 15) is 22.0 Å². The van der Waals surface area contributed by atoms with Crippen molar-refractivity contribution in [2.45, 2.75) is 17.4 Å². The predicted molar refractivity (Wildman–Crippen MR) is 134 cm³/mol. The number of halogens is 2. The van der Waals surface area contributed by atoms with Crippen molar-refractivity contribution in [2.75, 3.05) is 26.3 Å². The number of nitrogens with two attached hydrogens (primary N) is 1. The number of hydrogen-bond donors (Lipinski definition) is 1. The van der Waals surface area contributed by atoms with Crippen LogP contribution in [0.15, 0.2) is 76.4 Å². The van der Waals surface area contributed by atoms with Gasteiger partial charge in [0.05, 0.1) is 40.7 Å². The van der Waals surface area contributed by atoms with Gasteiger partial charge in [-0.2, -0.15) is 4.31 Å². The number of nitrogens with zero attached hydrogens (tertiary/aromatic N) is 3. The van der Waals surface area contributed by atoms with Gasteiger partial charge < -0.3 is 10.5 Å². The Balaban J connectivity index is 1.58. The summed E-state index contributed by atoms with van der Waals surface area (Å²) in [6.45, 7) is 1.17. The van der Waals surface area contributed by atoms with E-state index in [0.29, 0.717) is 35.4 Å². The molecule has 4 aromatic rings. The minimum Gasteiger partial charge on any atom is -0.379 e. The molecule has 5 rings (SSSR count). The van der Waals surface area contributed by atoms with Crippen LogP contribution in [0.4, 0.5) is 8.78 Å². The van der Waals surface area contributed by atoms with Crippen molar-refractivity contribution in [3.63, 3.8) is 0 Å². The van der Waals surface area contributed by atoms with E-state index < -0.39 is 33.3 Å². The van der Waals surface area contributed by atoms with Gasteiger partial charge in [-0.15, -0.1) is 0 Å². The fourth-order valence-electron chi connectivity index (χ4n) is 4.43. The van der Waals surface area contributed by atoms with Gasteiger partial charge in [-0.25, -0.2) is 22.2 Å². The SMILES string of the molecule is NC(Cc1cc(F)cc(F)c1)c1nc2ccccc2c(=O)n1-c1ccc(S(=O)(=O)N2CCOCC2)cc1. The largest absolute Gasteiger partial charge is 0.379 e. The predicted octanol–water partition coefficient (Wildman–Crippen LogP) is 2.93. The van der Waals surface area contributed by atoms with Gasteiger partial charge in [-0.05, 0) is 60.5 Å². The molecular formula is C26H24F2N4O4S. The fraction of sp³-hybridized carbons (Fsp3) is 0.231. The van der Waals surface area contributed by atoms with Crippen molar-refractivity contribution < 1.29 is 21.9 Å². The molecule has 0 amide bonds. The van der Waals surface area contributed by atoms with Gasteiger partial charge in [0.25, 0.3) is 5.56 Å². The van der Waals surface area contributed by atoms with Crippen LogP contribution in [0.3, 0.4) is 0 Å². The lowest BCUT2D eigenvalue weighted by atomic mass is 10.0. The first-order chi connectivity index (χ1) is 17.7. The summed E-state index contributed by atoms with van der Waals surface area (Å²) in [5.41, 5.74) is 7.14. The monoisotopic (exact) mass is 526 g/mol. The van der Waals surface area contributed by atoms with Crippen molar-refractivity contribution >= 4 is 20.9 Å². The van der Waals surface area contributed by atoms with Gasteiger partial charge in [-0.3, -0.25) is 9.36 Å². The molecule has 192 valence electrons. The Bertz CT molecular complexity index is 1600. The van der Waals surface area contributed by atoms with Crippen LogP contribution in [0.1, 0.15) is 17.4 Å². The molecule has 1 aliphatic heterocycles. The highest BCUT2D eigenvalue weighted by Crippen LogP contribution is 2.23. The summed E-state index contributed by atoms with van der Waals surface area (Å²) in [6, 6.07) is 14.9. The van der Waals surface area contributed by atoms with Crippen LogP contribution in [0.5, 0.6) is 0 Å². The number of rotatable bonds is 6. The first kappa shape index (κ1) is 25.2. The molecule has 0 radical (unpaired) electrons. The minimum absolute atomic E-state index is 0.0168. The number of aromatic nitrogens is 2. The Morgan fingerprint density at radius 1 is 0.973 bits per heavy atom. The van der Waals surface area contributed by atoms with Gasteiger partial charge in [0, 0.05) is 19.2 Å². The first-order valence-corrected chi connectivity index (χ1v) is 13.1. The second-order valence-corrected chi connectivity index (χ2v) is 10.7. The van der Waals surface area contributed by atoms with Gasteiger partial charge in [0.2, 0.25) is 10.0 Å². The third-order valence-corrected chi connectivity index (χ3v) is 8.13. The summed E-state index contributed by atoms with van der Waals surface area (Å²) in [5.74, 6) is -1.29. The Labute approximate surface area is 212 Å². The topological polar surface area (TPSA) is 108 Å². The summed E-state index contributed by atoms with van der Waals surface area (Å²) < 4.78 is 61.5. The van der Waals surface area contributed by atoms with Crippen molar-refractivity contribution in [3.8, 4) is 5.69 Å². The van der Waals surface area contributed by atoms with Crippen LogP contribution in [0.25, 0.3) is 16.6 Å². The lowest BCUT2D eigenvalue weighted by Gasteiger charge is -2.26. The molecule has 0 saturated carbocycles. The summed E-state index contributed by atoms with van der Waals surface area (Å²) in [6.07, 6.45) is 0.0168. The normalized spacial score (nSPS) is 15.6. The molecule has 1 fully saturated rings. The zero-order chi connectivity index (χ0) is 26.2. The van der Waals surface area contributed by atoms with E-state index in [2.05, 4.69) is 4.98 Å². The number of ether oxygens (including phenoxy) is 1. The Kier molecular flexibility index (Phi) is 6.86. The maximum Gasteiger partial charge on any atom is 0.266 e. The number of morpholine rings is 1. The molecule has 0 bridgehead atoms. The van der Waals surface area contributed by atoms with Crippen LogP contribution in [0.2, 0.25) is 0 Å². The van der Waals surface area contributed by atoms with Crippen LogP contribution in [-0.2, 0) is 21.2 Å². The van der Waals surface area contributed by atoms with Crippen molar-refractivity contribution in [1.82, 2.24) is 13.9 Å². The Hall–Kier alpha value is -3.51. The van der Waals surface area contributed by atoms with Crippen LogP contribution in [-0.4, -0.2) is 48.6 Å². The minimum atomic E-state index is -3.73. The number of benzene rings is 3. The number of sulfonamides is 1. The highest BCUT2D eigenvalue weighted by atomic mass is 32.2. The quantitative estimate of drug-likeness (QED) is 0.414. The van der Waals surface area contributed by atoms with E-state index in [1.54, 1.807) is 24.3 Å². The number of hydrogen-bond acceptors (Lipinski definition) is 6. The average molecular weight is 527 g/mol. The van der Waals surface area contributed by atoms with Crippen LogP contribution >= 0.6 is 0 Å². The molecule has 1 aliphatic rings. The van der Waals surface area contributed by atoms with Gasteiger partial charge >= 0.3 is 0 Å². The molecular weight excluding hydrogens is 502 g/mol. The standard InChI is InChI=1S/C26H24F2N4O4S/c27-18-13-17(14-19(28)16-18)15-23(29)25-30-24-4-2-1-3-22(24)26(33)32(25)20-5-7-21(8-6-20)37(34,35)31-9-11-36-12-10-31/h1-8,13-14,16,23H,9-12,15,29H2. The van der Waals surface area contributed by atoms with E-state index in [1.165, 1.54) is 45.3 Å². The second kappa shape index (κ2) is 10.1. The molecule has 1 saturated heterocycles. The van der Waals surface area contributed by atoms with Crippen LogP contribution in [0, 0.1) is 11.6 Å². The van der Waals surface area contributed by atoms with Crippen molar-refractivity contribution in [3.05, 3.63) is 100 Å². The average Bonchev–Trinajstić information content (AvgIpc) is 2.88. The smallest absolute Gasteiger partial charge is 0.266 e. The van der Waals surface area contributed by atoms with Crippen molar-refractivity contribution in [1.29, 1.82) is 0 Å². The zero-order valence-corrected chi connectivity index (χ0v) is 20.5. The Morgan fingerprint density at radius 3 is 2.30 bits per heavy atom. The molecule has 2 N–H and O–H groups in total. The van der Waals surface area contributed by atoms with E-state index in [-0.39, 0.29) is 30.2 Å². The first-order valence-electron chi connectivity index (χ1n) is 11.6. The van der Waals surface area contributed by atoms with Crippen LogP contribution < -0.4 is 11.3 Å². The van der Waals surface area contributed by atoms with E-state index in [4.69, 9.17) is 10.5 Å². The number of para-hydroxylation sites is 1. The molecule has 1 aromatic heterocycles. The van der Waals surface area contributed by atoms with Gasteiger partial charge in [0.1, 0.15) is 17.5 Å². The maximum atomic E-state index is 13.8. The highest BCUT2D eigenvalue weighted by molar-refractivity contribution is 7.89. The molecule has 2 heterocycles. The van der Waals surface area contributed by atoms with E-state index >= 15 is 0 Å². The molecule has 8 nitrogen and oxygen atoms in total. The Morgan fingerprint density at radius 2 is 1.62 bits per heavy atom. The molecule has 0 spiro atoms. The third kappa shape index (κ3) is 5.03. The summed E-state index contributed by atoms with van der Waals surface area (Å²) in [4.78, 5) is 18.2. The maximum absolute atomic E-state index is 13.8. The van der Waals surface area contributed by atoms with Gasteiger partial charge in [0.15, 0.2) is 0 Å². The lowest BCUT2D eigenvalue weighted by Crippen LogP contribution is -2.40. The molecule has 0 aliphatic carbocycles.